The number of carbonyl (C=O) groups is 3. The summed E-state index contributed by atoms with van der Waals surface area (Å²) in [4.78, 5) is 37.7. The summed E-state index contributed by atoms with van der Waals surface area (Å²) in [5, 5.41) is 9.76. The van der Waals surface area contributed by atoms with E-state index in [1.807, 2.05) is 21.1 Å². The minimum absolute atomic E-state index is 0.179. The van der Waals surface area contributed by atoms with Crippen LogP contribution in [0.2, 0.25) is 0 Å². The zero-order valence-corrected chi connectivity index (χ0v) is 60.6. The summed E-state index contributed by atoms with van der Waals surface area (Å²) in [5.74, 6) is -2.02. The van der Waals surface area contributed by atoms with Gasteiger partial charge in [-0.1, -0.05) is 327 Å². The molecule has 9 heteroatoms. The fourth-order valence-corrected chi connectivity index (χ4v) is 10.4. The third kappa shape index (κ3) is 74.4. The predicted octanol–water partition coefficient (Wildman–Crippen LogP) is 24.3. The lowest BCUT2D eigenvalue weighted by Gasteiger charge is -2.25. The van der Waals surface area contributed by atoms with Crippen molar-refractivity contribution in [2.24, 2.45) is 0 Å². The fourth-order valence-electron chi connectivity index (χ4n) is 10.4. The third-order valence-electron chi connectivity index (χ3n) is 16.1. The molecule has 0 heterocycles. The van der Waals surface area contributed by atoms with Crippen molar-refractivity contribution in [3.8, 4) is 0 Å². The number of likely N-dealkylation sites (N-methyl/N-ethyl adjacent to an activating group) is 1. The van der Waals surface area contributed by atoms with Crippen molar-refractivity contribution in [2.75, 3.05) is 47.5 Å². The van der Waals surface area contributed by atoms with Crippen LogP contribution in [0.25, 0.3) is 0 Å². The molecule has 2 unspecified atom stereocenters. The number of carboxylic acids is 1. The first-order chi connectivity index (χ1) is 45.6. The van der Waals surface area contributed by atoms with Crippen LogP contribution < -0.4 is 0 Å². The Balaban J connectivity index is 4.09. The van der Waals surface area contributed by atoms with E-state index >= 15 is 0 Å². The van der Waals surface area contributed by atoms with Crippen molar-refractivity contribution in [2.45, 2.75) is 322 Å². The van der Waals surface area contributed by atoms with Crippen LogP contribution in [0.3, 0.4) is 0 Å². The smallest absolute Gasteiger partial charge is 0.361 e. The molecule has 93 heavy (non-hydrogen) atoms. The average molecular weight is 1290 g/mol. The van der Waals surface area contributed by atoms with Crippen LogP contribution in [0, 0.1) is 0 Å². The summed E-state index contributed by atoms with van der Waals surface area (Å²) < 4.78 is 23.0. The fraction of sp³-hybridized carbons (Fsp3) is 0.679. The van der Waals surface area contributed by atoms with Gasteiger partial charge in [-0.15, -0.1) is 0 Å². The first-order valence-electron chi connectivity index (χ1n) is 38.0. The van der Waals surface area contributed by atoms with Gasteiger partial charge < -0.3 is 28.5 Å². The van der Waals surface area contributed by atoms with Gasteiger partial charge in [0.15, 0.2) is 6.10 Å². The van der Waals surface area contributed by atoms with Gasteiger partial charge in [0.25, 0.3) is 6.29 Å². The minimum atomic E-state index is -1.52. The lowest BCUT2D eigenvalue weighted by Crippen LogP contribution is -2.40. The van der Waals surface area contributed by atoms with Crippen LogP contribution in [-0.4, -0.2) is 87.4 Å². The predicted molar refractivity (Wildman–Crippen MR) is 400 cm³/mol. The van der Waals surface area contributed by atoms with Crippen LogP contribution in [0.4, 0.5) is 0 Å². The highest BCUT2D eigenvalue weighted by atomic mass is 16.7. The summed E-state index contributed by atoms with van der Waals surface area (Å²) in [5.41, 5.74) is 0. The number of carboxylic acid groups (broad SMARTS) is 1. The number of nitrogens with zero attached hydrogens (tertiary/aromatic N) is 1. The quantitative estimate of drug-likeness (QED) is 0.0211. The molecular weight excluding hydrogens is 1150 g/mol. The molecule has 0 aliphatic heterocycles. The minimum Gasteiger partial charge on any atom is -0.477 e. The summed E-state index contributed by atoms with van der Waals surface area (Å²) in [6.07, 6.45) is 104. The van der Waals surface area contributed by atoms with E-state index < -0.39 is 24.3 Å². The van der Waals surface area contributed by atoms with Crippen molar-refractivity contribution in [3.05, 3.63) is 146 Å². The zero-order valence-electron chi connectivity index (χ0n) is 60.6. The summed E-state index contributed by atoms with van der Waals surface area (Å²) in [6.45, 7) is 4.65. The third-order valence-corrected chi connectivity index (χ3v) is 16.1. The maximum atomic E-state index is 13.0. The monoisotopic (exact) mass is 1290 g/mol. The molecule has 1 N–H and O–H groups in total. The van der Waals surface area contributed by atoms with Crippen LogP contribution in [-0.2, 0) is 33.3 Å². The van der Waals surface area contributed by atoms with Gasteiger partial charge in [0.05, 0.1) is 34.4 Å². The Morgan fingerprint density at radius 2 is 0.581 bits per heavy atom. The maximum Gasteiger partial charge on any atom is 0.361 e. The molecule has 0 aliphatic rings. The Hall–Kier alpha value is -4.83. The van der Waals surface area contributed by atoms with E-state index in [-0.39, 0.29) is 32.2 Å². The largest absolute Gasteiger partial charge is 0.477 e. The number of quaternary nitrogens is 1. The number of hydrogen-bond acceptors (Lipinski definition) is 7. The molecule has 0 fully saturated rings. The zero-order chi connectivity index (χ0) is 67.5. The lowest BCUT2D eigenvalue weighted by atomic mass is 10.0. The standard InChI is InChI=1S/C84H141NO8/c1-6-8-10-12-14-16-18-20-22-24-26-28-30-32-34-36-38-39-40-41-42-43-45-46-48-50-52-54-56-58-60-62-64-66-68-70-72-74-81(86)91-78-80(79-92-84(83(88)89)90-77-76-85(3,4)5)93-82(87)75-73-71-69-67-65-63-61-59-57-55-53-51-49-47-44-37-35-33-31-29-27-25-23-21-19-17-15-13-11-9-7-2/h8-11,14-17,20-23,26-29,33,35,44,47,51,53,57,59,80,84H,6-7,12-13,18-19,24-25,30-32,34,36-43,45-46,48-50,52,54-56,58,60-79H2,1-5H3/p+1/b10-8-,11-9-,16-14-,17-15-,22-20-,23-21-,28-26-,29-27-,35-33-,47-44-,53-51-,59-57-. The Kier molecular flexibility index (Phi) is 69.2. The molecule has 0 aromatic heterocycles. The van der Waals surface area contributed by atoms with Gasteiger partial charge in [0.1, 0.15) is 13.2 Å². The van der Waals surface area contributed by atoms with Gasteiger partial charge >= 0.3 is 17.9 Å². The van der Waals surface area contributed by atoms with E-state index in [2.05, 4.69) is 160 Å². The molecule has 0 aromatic rings. The van der Waals surface area contributed by atoms with Crippen LogP contribution in [0.15, 0.2) is 146 Å². The molecule has 0 rings (SSSR count). The second-order valence-electron chi connectivity index (χ2n) is 26.2. The Bertz CT molecular complexity index is 2040. The topological polar surface area (TPSA) is 108 Å². The first-order valence-corrected chi connectivity index (χ1v) is 38.0. The van der Waals surface area contributed by atoms with Gasteiger partial charge in [-0.05, 0) is 116 Å². The van der Waals surface area contributed by atoms with Crippen LogP contribution in [0.1, 0.15) is 309 Å². The number of carbonyl (C=O) groups excluding carboxylic acids is 2. The van der Waals surface area contributed by atoms with E-state index in [1.54, 1.807) is 0 Å². The van der Waals surface area contributed by atoms with E-state index in [0.717, 1.165) is 135 Å². The molecule has 0 spiro atoms. The number of hydrogen-bond donors (Lipinski definition) is 1. The second-order valence-corrected chi connectivity index (χ2v) is 26.2. The summed E-state index contributed by atoms with van der Waals surface area (Å²) in [6, 6.07) is 0. The average Bonchev–Trinajstić information content (AvgIpc) is 3.38. The van der Waals surface area contributed by atoms with Gasteiger partial charge in [0.2, 0.25) is 0 Å². The first kappa shape index (κ1) is 88.2. The molecule has 0 saturated heterocycles. The molecule has 0 amide bonds. The molecular formula is C84H142NO8+. The Morgan fingerprint density at radius 1 is 0.323 bits per heavy atom. The molecule has 0 saturated carbocycles. The second kappa shape index (κ2) is 73.0. The van der Waals surface area contributed by atoms with E-state index in [9.17, 15) is 19.5 Å². The number of esters is 2. The number of unbranched alkanes of at least 4 members (excludes halogenated alkanes) is 30. The van der Waals surface area contributed by atoms with E-state index in [0.29, 0.717) is 23.9 Å². The Morgan fingerprint density at radius 3 is 0.860 bits per heavy atom. The highest BCUT2D eigenvalue weighted by Crippen LogP contribution is 2.18. The van der Waals surface area contributed by atoms with Crippen molar-refractivity contribution < 1.29 is 42.9 Å². The molecule has 2 atom stereocenters. The van der Waals surface area contributed by atoms with Crippen molar-refractivity contribution in [3.63, 3.8) is 0 Å². The Labute approximate surface area is 572 Å². The van der Waals surface area contributed by atoms with E-state index in [4.69, 9.17) is 18.9 Å². The molecule has 0 aliphatic carbocycles. The SMILES string of the molecule is CC/C=C\C/C=C\C/C=C\C/C=C\C/C=C\C/C=C\C/C=C\C/C=C\CCCCCCCCC(=O)OC(COC(=O)CCCCCCCCCCCCCCCCCCCCCCCCCC/C=C\C/C=C\C/C=C\C/C=C\CC)COC(OCC[N+](C)(C)C)C(=O)O. The van der Waals surface area contributed by atoms with Gasteiger partial charge in [-0.2, -0.15) is 0 Å². The highest BCUT2D eigenvalue weighted by molar-refractivity contribution is 5.71. The lowest BCUT2D eigenvalue weighted by molar-refractivity contribution is -0.870. The highest BCUT2D eigenvalue weighted by Gasteiger charge is 2.25. The van der Waals surface area contributed by atoms with Crippen molar-refractivity contribution in [1.82, 2.24) is 0 Å². The number of ether oxygens (including phenoxy) is 4. The van der Waals surface area contributed by atoms with Crippen LogP contribution >= 0.6 is 0 Å². The maximum absolute atomic E-state index is 13.0. The number of allylic oxidation sites excluding steroid dienone is 24. The number of rotatable bonds is 69. The molecule has 530 valence electrons. The van der Waals surface area contributed by atoms with Gasteiger partial charge in [-0.25, -0.2) is 4.79 Å². The van der Waals surface area contributed by atoms with Crippen LogP contribution in [0.5, 0.6) is 0 Å². The van der Waals surface area contributed by atoms with Crippen molar-refractivity contribution >= 4 is 17.9 Å². The summed E-state index contributed by atoms with van der Waals surface area (Å²) >= 11 is 0. The summed E-state index contributed by atoms with van der Waals surface area (Å²) in [7, 11) is 5.97. The molecule has 9 nitrogen and oxygen atoms in total. The number of aliphatic carboxylic acids is 1. The van der Waals surface area contributed by atoms with Crippen molar-refractivity contribution in [1.29, 1.82) is 0 Å². The molecule has 0 radical (unpaired) electrons. The molecule has 0 bridgehead atoms. The van der Waals surface area contributed by atoms with Gasteiger partial charge in [-0.3, -0.25) is 9.59 Å². The van der Waals surface area contributed by atoms with E-state index in [1.165, 1.54) is 141 Å². The molecule has 0 aromatic carbocycles. The van der Waals surface area contributed by atoms with Gasteiger partial charge in [0, 0.05) is 12.8 Å². The normalized spacial score (nSPS) is 13.5.